The predicted octanol–water partition coefficient (Wildman–Crippen LogP) is 2.67. The summed E-state index contributed by atoms with van der Waals surface area (Å²) < 4.78 is 25.3. The van der Waals surface area contributed by atoms with E-state index in [2.05, 4.69) is 36.4 Å². The third-order valence-electron chi connectivity index (χ3n) is 9.27. The fourth-order valence-electron chi connectivity index (χ4n) is 6.30. The van der Waals surface area contributed by atoms with E-state index < -0.39 is 36.0 Å². The zero-order valence-corrected chi connectivity index (χ0v) is 28.4. The van der Waals surface area contributed by atoms with Crippen molar-refractivity contribution in [2.75, 3.05) is 19.8 Å². The number of nitrogens with one attached hydrogen (secondary N) is 3. The van der Waals surface area contributed by atoms with Crippen LogP contribution in [-0.2, 0) is 28.5 Å². The summed E-state index contributed by atoms with van der Waals surface area (Å²) in [6.07, 6.45) is 4.92. The highest BCUT2D eigenvalue weighted by Gasteiger charge is 2.45. The Morgan fingerprint density at radius 1 is 0.957 bits per heavy atom. The Labute approximate surface area is 272 Å². The van der Waals surface area contributed by atoms with Crippen molar-refractivity contribution in [1.29, 1.82) is 0 Å². The number of aromatic nitrogens is 2. The molecule has 4 N–H and O–H groups in total. The summed E-state index contributed by atoms with van der Waals surface area (Å²) in [4.78, 5) is 50.3. The second-order valence-electron chi connectivity index (χ2n) is 12.8. The number of carbonyl (C=O) groups excluding carboxylic acids is 2. The van der Waals surface area contributed by atoms with Gasteiger partial charge in [0.15, 0.2) is 12.5 Å². The molecule has 13 nitrogen and oxygen atoms in total. The lowest BCUT2D eigenvalue weighted by Crippen LogP contribution is -2.57. The molecule has 9 atom stereocenters. The minimum absolute atomic E-state index is 0.0223. The largest absolute Gasteiger partial charge is 0.386 e. The first-order valence-corrected chi connectivity index (χ1v) is 17.1. The van der Waals surface area contributed by atoms with Gasteiger partial charge in [-0.2, -0.15) is 0 Å². The Balaban J connectivity index is 1.25. The highest BCUT2D eigenvalue weighted by atomic mass is 16.7. The minimum Gasteiger partial charge on any atom is -0.386 e. The van der Waals surface area contributed by atoms with Crippen molar-refractivity contribution in [2.45, 2.75) is 142 Å². The second-order valence-corrected chi connectivity index (χ2v) is 12.8. The van der Waals surface area contributed by atoms with Crippen molar-refractivity contribution < 1.29 is 33.6 Å². The molecule has 2 fully saturated rings. The van der Waals surface area contributed by atoms with Gasteiger partial charge < -0.3 is 34.7 Å². The lowest BCUT2D eigenvalue weighted by Gasteiger charge is -2.44. The van der Waals surface area contributed by atoms with Crippen molar-refractivity contribution in [3.63, 3.8) is 0 Å². The summed E-state index contributed by atoms with van der Waals surface area (Å²) in [5, 5.41) is 16.8. The van der Waals surface area contributed by atoms with Gasteiger partial charge in [0.2, 0.25) is 11.8 Å². The summed E-state index contributed by atoms with van der Waals surface area (Å²) in [5.74, 6) is 0.470. The van der Waals surface area contributed by atoms with Gasteiger partial charge in [-0.3, -0.25) is 23.9 Å². The number of amides is 2. The molecule has 46 heavy (non-hydrogen) atoms. The van der Waals surface area contributed by atoms with E-state index in [9.17, 15) is 24.3 Å². The number of hydrogen-bond acceptors (Lipinski definition) is 9. The fraction of sp³-hybridized carbons (Fsp3) is 0.818. The third kappa shape index (κ3) is 10.5. The van der Waals surface area contributed by atoms with Gasteiger partial charge >= 0.3 is 5.69 Å². The normalized spacial score (nSPS) is 29.5. The Morgan fingerprint density at radius 2 is 1.63 bits per heavy atom. The van der Waals surface area contributed by atoms with Crippen LogP contribution in [0.1, 0.15) is 104 Å². The molecule has 3 heterocycles. The SMILES string of the molecule is CC[C@H]1O[C@@H](OCCCCC(=O)NCCCCCCO[C@@H]2C(O)[C@H](n3cc(C)c(=O)[nH]c3=O)O[C@@H]2CC)[C@H](NC(C)=O)[C@@H](C)[C@H]1C. The molecule has 2 aliphatic heterocycles. The fourth-order valence-corrected chi connectivity index (χ4v) is 6.30. The number of aliphatic hydroxyl groups excluding tert-OH is 1. The molecule has 1 aromatic heterocycles. The number of aryl methyl sites for hydroxylation is 1. The van der Waals surface area contributed by atoms with E-state index in [1.807, 2.05) is 6.92 Å². The van der Waals surface area contributed by atoms with Gasteiger partial charge in [0.25, 0.3) is 5.56 Å². The summed E-state index contributed by atoms with van der Waals surface area (Å²) in [6.45, 7) is 12.9. The number of ether oxygens (including phenoxy) is 4. The molecular formula is C33H56N4O9. The van der Waals surface area contributed by atoms with Gasteiger partial charge in [0.1, 0.15) is 12.2 Å². The third-order valence-corrected chi connectivity index (χ3v) is 9.27. The van der Waals surface area contributed by atoms with Gasteiger partial charge in [-0.05, 0) is 57.3 Å². The summed E-state index contributed by atoms with van der Waals surface area (Å²) in [6, 6.07) is -0.195. The number of aromatic amines is 1. The summed E-state index contributed by atoms with van der Waals surface area (Å²) in [7, 11) is 0. The van der Waals surface area contributed by atoms with Gasteiger partial charge in [0, 0.05) is 44.9 Å². The molecule has 2 saturated heterocycles. The molecule has 1 aromatic rings. The smallest absolute Gasteiger partial charge is 0.330 e. The van der Waals surface area contributed by atoms with Crippen LogP contribution in [0.3, 0.4) is 0 Å². The molecule has 0 bridgehead atoms. The van der Waals surface area contributed by atoms with Crippen molar-refractivity contribution in [3.8, 4) is 0 Å². The first-order chi connectivity index (χ1) is 22.0. The first-order valence-electron chi connectivity index (χ1n) is 17.1. The van der Waals surface area contributed by atoms with Crippen LogP contribution < -0.4 is 21.9 Å². The second kappa shape index (κ2) is 18.7. The number of nitrogens with zero attached hydrogens (tertiary/aromatic N) is 1. The van der Waals surface area contributed by atoms with E-state index in [1.165, 1.54) is 17.7 Å². The molecule has 0 radical (unpaired) electrons. The highest BCUT2D eigenvalue weighted by Crippen LogP contribution is 2.33. The molecule has 262 valence electrons. The maximum Gasteiger partial charge on any atom is 0.330 e. The molecule has 1 unspecified atom stereocenters. The van der Waals surface area contributed by atoms with Crippen LogP contribution in [0, 0.1) is 18.8 Å². The Kier molecular flexibility index (Phi) is 15.4. The molecule has 0 saturated carbocycles. The van der Waals surface area contributed by atoms with Gasteiger partial charge in [-0.25, -0.2) is 4.79 Å². The number of aliphatic hydroxyl groups is 1. The zero-order valence-electron chi connectivity index (χ0n) is 28.4. The highest BCUT2D eigenvalue weighted by molar-refractivity contribution is 5.75. The van der Waals surface area contributed by atoms with Crippen molar-refractivity contribution >= 4 is 11.8 Å². The summed E-state index contributed by atoms with van der Waals surface area (Å²) >= 11 is 0. The maximum atomic E-state index is 12.3. The minimum atomic E-state index is -1.04. The zero-order chi connectivity index (χ0) is 33.8. The topological polar surface area (TPSA) is 170 Å². The molecule has 2 amide bonds. The Hall–Kier alpha value is -2.58. The average molecular weight is 653 g/mol. The van der Waals surface area contributed by atoms with Crippen molar-refractivity contribution in [3.05, 3.63) is 32.6 Å². The lowest BCUT2D eigenvalue weighted by atomic mass is 9.81. The Bertz CT molecular complexity index is 1220. The van der Waals surface area contributed by atoms with E-state index in [1.54, 1.807) is 6.92 Å². The molecule has 0 aliphatic carbocycles. The standard InChI is InChI=1S/C33H56N4O9/c1-7-24-21(4)22(5)27(35-23(6)38)32(46-24)44-18-14-11-15-26(39)34-16-12-9-10-13-17-43-29-25(8-2)45-31(28(29)40)37-19-20(3)30(41)36-33(37)42/h19,21-22,24-25,27-29,31-32,40H,7-18H2,1-6H3,(H,34,39)(H,35,38)(H,36,41,42)/t21-,22+,24-,25-,27-,28?,29+,31-,32-/m1/s1. The number of carbonyl (C=O) groups is 2. The van der Waals surface area contributed by atoms with E-state index in [0.717, 1.165) is 38.5 Å². The van der Waals surface area contributed by atoms with Gasteiger partial charge in [0.05, 0.1) is 18.2 Å². The molecule has 0 aromatic carbocycles. The number of unbranched alkanes of at least 4 members (excludes halogenated alkanes) is 4. The van der Waals surface area contributed by atoms with E-state index in [4.69, 9.17) is 18.9 Å². The quantitative estimate of drug-likeness (QED) is 0.174. The van der Waals surface area contributed by atoms with Crippen molar-refractivity contribution in [2.24, 2.45) is 11.8 Å². The lowest BCUT2D eigenvalue weighted by molar-refractivity contribution is -0.236. The average Bonchev–Trinajstić information content (AvgIpc) is 3.33. The maximum absolute atomic E-state index is 12.3. The van der Waals surface area contributed by atoms with Gasteiger partial charge in [-0.15, -0.1) is 0 Å². The molecular weight excluding hydrogens is 596 g/mol. The van der Waals surface area contributed by atoms with Crippen LogP contribution in [-0.4, -0.2) is 83.0 Å². The van der Waals surface area contributed by atoms with Crippen LogP contribution in [0.15, 0.2) is 15.8 Å². The molecule has 0 spiro atoms. The molecule has 3 rings (SSSR count). The number of H-pyrrole nitrogens is 1. The number of hydrogen-bond donors (Lipinski definition) is 4. The van der Waals surface area contributed by atoms with E-state index in [0.29, 0.717) is 50.5 Å². The number of rotatable bonds is 18. The monoisotopic (exact) mass is 652 g/mol. The van der Waals surface area contributed by atoms with Crippen LogP contribution in [0.5, 0.6) is 0 Å². The first kappa shape index (κ1) is 37.9. The van der Waals surface area contributed by atoms with Crippen LogP contribution >= 0.6 is 0 Å². The van der Waals surface area contributed by atoms with Crippen LogP contribution in [0.2, 0.25) is 0 Å². The van der Waals surface area contributed by atoms with Crippen LogP contribution in [0.25, 0.3) is 0 Å². The summed E-state index contributed by atoms with van der Waals surface area (Å²) in [5.41, 5.74) is -0.741. The van der Waals surface area contributed by atoms with E-state index in [-0.39, 0.29) is 36.0 Å². The molecule has 13 heteroatoms. The van der Waals surface area contributed by atoms with E-state index >= 15 is 0 Å². The van der Waals surface area contributed by atoms with Gasteiger partial charge in [-0.1, -0.05) is 40.5 Å². The Morgan fingerprint density at radius 3 is 2.33 bits per heavy atom. The van der Waals surface area contributed by atoms with Crippen LogP contribution in [0.4, 0.5) is 0 Å². The molecule has 2 aliphatic rings. The predicted molar refractivity (Wildman–Crippen MR) is 172 cm³/mol. The van der Waals surface area contributed by atoms with Crippen molar-refractivity contribution in [1.82, 2.24) is 20.2 Å².